The predicted octanol–water partition coefficient (Wildman–Crippen LogP) is 10.2. The first kappa shape index (κ1) is 28.3. The van der Waals surface area contributed by atoms with Crippen LogP contribution in [0.25, 0.3) is 33.9 Å². The molecule has 0 unspecified atom stereocenters. The molecule has 0 aliphatic carbocycles. The minimum atomic E-state index is 1.04. The molecule has 0 atom stereocenters. The first-order valence-corrected chi connectivity index (χ1v) is 13.3. The largest absolute Gasteiger partial charge is 0.264 e. The summed E-state index contributed by atoms with van der Waals surface area (Å²) in [6.45, 7) is 14.4. The van der Waals surface area contributed by atoms with E-state index < -0.39 is 0 Å². The van der Waals surface area contributed by atoms with E-state index >= 15 is 0 Å². The smallest absolute Gasteiger partial charge is 0.0347 e. The highest BCUT2D eigenvalue weighted by molar-refractivity contribution is 5.83. The van der Waals surface area contributed by atoms with E-state index in [0.717, 1.165) is 56.5 Å². The van der Waals surface area contributed by atoms with Crippen molar-refractivity contribution in [3.8, 4) is 22.3 Å². The highest BCUT2D eigenvalue weighted by Crippen LogP contribution is 2.31. The molecule has 0 aliphatic heterocycles. The van der Waals surface area contributed by atoms with E-state index in [-0.39, 0.29) is 0 Å². The Morgan fingerprint density at radius 2 is 1.68 bits per heavy atom. The lowest BCUT2D eigenvalue weighted by atomic mass is 9.93. The summed E-state index contributed by atoms with van der Waals surface area (Å²) in [7, 11) is 0. The topological polar surface area (TPSA) is 25.8 Å². The Morgan fingerprint density at radius 1 is 0.895 bits per heavy atom. The van der Waals surface area contributed by atoms with Gasteiger partial charge < -0.3 is 0 Å². The molecule has 2 nitrogen and oxygen atoms in total. The first-order chi connectivity index (χ1) is 18.6. The molecule has 38 heavy (non-hydrogen) atoms. The molecule has 0 aliphatic rings. The number of benzene rings is 1. The van der Waals surface area contributed by atoms with Crippen molar-refractivity contribution in [2.24, 2.45) is 0 Å². The number of unbranched alkanes of at least 4 members (excludes halogenated alkanes) is 2. The molecule has 3 aromatic rings. The number of pyridine rings is 2. The SMILES string of the molecule is C=CC(=C\C=C/CCCC)/C(=C/C)/C=C(\C=C\C)c1cc(C=C)cc(-c2cncc(-c3cccnc3)c2)c1. The van der Waals surface area contributed by atoms with Crippen molar-refractivity contribution in [3.63, 3.8) is 0 Å². The normalized spacial score (nSPS) is 12.9. The molecule has 0 amide bonds. The molecule has 192 valence electrons. The highest BCUT2D eigenvalue weighted by Gasteiger charge is 2.09. The van der Waals surface area contributed by atoms with Crippen LogP contribution < -0.4 is 0 Å². The Morgan fingerprint density at radius 3 is 2.34 bits per heavy atom. The molecule has 1 aromatic carbocycles. The van der Waals surface area contributed by atoms with E-state index in [2.05, 4.69) is 110 Å². The minimum Gasteiger partial charge on any atom is -0.264 e. The van der Waals surface area contributed by atoms with Crippen molar-refractivity contribution in [2.45, 2.75) is 40.0 Å². The quantitative estimate of drug-likeness (QED) is 0.183. The summed E-state index contributed by atoms with van der Waals surface area (Å²) >= 11 is 0. The molecule has 2 heterocycles. The Labute approximate surface area is 228 Å². The lowest BCUT2D eigenvalue weighted by Gasteiger charge is -2.12. The van der Waals surface area contributed by atoms with Gasteiger partial charge in [-0.2, -0.15) is 0 Å². The van der Waals surface area contributed by atoms with E-state index in [4.69, 9.17) is 0 Å². The van der Waals surface area contributed by atoms with Crippen molar-refractivity contribution in [3.05, 3.63) is 145 Å². The summed E-state index contributed by atoms with van der Waals surface area (Å²) in [5, 5.41) is 0. The summed E-state index contributed by atoms with van der Waals surface area (Å²) in [4.78, 5) is 8.79. The number of hydrogen-bond acceptors (Lipinski definition) is 2. The van der Waals surface area contributed by atoms with Gasteiger partial charge in [0.2, 0.25) is 0 Å². The van der Waals surface area contributed by atoms with Crippen molar-refractivity contribution in [2.75, 3.05) is 0 Å². The number of rotatable bonds is 12. The Balaban J connectivity index is 2.06. The Hall–Kier alpha value is -4.30. The lowest BCUT2D eigenvalue weighted by molar-refractivity contribution is 0.815. The van der Waals surface area contributed by atoms with Crippen molar-refractivity contribution < 1.29 is 0 Å². The fourth-order valence-corrected chi connectivity index (χ4v) is 4.17. The van der Waals surface area contributed by atoms with Gasteiger partial charge in [-0.3, -0.25) is 9.97 Å². The molecule has 0 bridgehead atoms. The third-order valence-corrected chi connectivity index (χ3v) is 6.25. The molecule has 0 N–H and O–H groups in total. The van der Waals surface area contributed by atoms with Gasteiger partial charge in [-0.1, -0.05) is 87.6 Å². The highest BCUT2D eigenvalue weighted by atomic mass is 14.6. The minimum absolute atomic E-state index is 1.04. The van der Waals surface area contributed by atoms with Crippen molar-refractivity contribution in [1.82, 2.24) is 9.97 Å². The zero-order valence-corrected chi connectivity index (χ0v) is 22.9. The van der Waals surface area contributed by atoms with Crippen LogP contribution in [0.5, 0.6) is 0 Å². The maximum atomic E-state index is 4.53. The predicted molar refractivity (Wildman–Crippen MR) is 166 cm³/mol. The fraction of sp³-hybridized carbons (Fsp3) is 0.167. The van der Waals surface area contributed by atoms with Gasteiger partial charge in [-0.05, 0) is 90.1 Å². The molecule has 3 rings (SSSR count). The molecule has 0 fully saturated rings. The third kappa shape index (κ3) is 7.85. The summed E-state index contributed by atoms with van der Waals surface area (Å²) in [5.41, 5.74) is 9.72. The Bertz CT molecular complexity index is 1380. The number of aromatic nitrogens is 2. The monoisotopic (exact) mass is 498 g/mol. The second kappa shape index (κ2) is 15.1. The van der Waals surface area contributed by atoms with Gasteiger partial charge in [-0.15, -0.1) is 0 Å². The van der Waals surface area contributed by atoms with Gasteiger partial charge in [0, 0.05) is 41.5 Å². The zero-order chi connectivity index (χ0) is 27.2. The average Bonchev–Trinajstić information content (AvgIpc) is 2.97. The van der Waals surface area contributed by atoms with Crippen LogP contribution >= 0.6 is 0 Å². The lowest BCUT2D eigenvalue weighted by Crippen LogP contribution is -1.91. The van der Waals surface area contributed by atoms with Gasteiger partial charge >= 0.3 is 0 Å². The maximum Gasteiger partial charge on any atom is 0.0347 e. The van der Waals surface area contributed by atoms with Crippen LogP contribution in [0.2, 0.25) is 0 Å². The molecule has 0 saturated heterocycles. The number of nitrogens with zero attached hydrogens (tertiary/aromatic N) is 2. The molecular weight excluding hydrogens is 460 g/mol. The molecule has 0 radical (unpaired) electrons. The van der Waals surface area contributed by atoms with Crippen molar-refractivity contribution >= 4 is 11.6 Å². The molecule has 2 heteroatoms. The molecular formula is C36H38N2. The first-order valence-electron chi connectivity index (χ1n) is 13.3. The van der Waals surface area contributed by atoms with Gasteiger partial charge in [-0.25, -0.2) is 0 Å². The molecule has 2 aromatic heterocycles. The van der Waals surface area contributed by atoms with Crippen LogP contribution in [0.4, 0.5) is 0 Å². The second-order valence-corrected chi connectivity index (χ2v) is 8.99. The zero-order valence-electron chi connectivity index (χ0n) is 22.9. The van der Waals surface area contributed by atoms with Crippen LogP contribution in [-0.4, -0.2) is 9.97 Å². The number of hydrogen-bond donors (Lipinski definition) is 0. The van der Waals surface area contributed by atoms with Gasteiger partial charge in [0.05, 0.1) is 0 Å². The van der Waals surface area contributed by atoms with E-state index in [0.29, 0.717) is 0 Å². The van der Waals surface area contributed by atoms with Crippen LogP contribution in [0.3, 0.4) is 0 Å². The van der Waals surface area contributed by atoms with E-state index in [1.54, 1.807) is 6.20 Å². The van der Waals surface area contributed by atoms with Crippen LogP contribution in [0.15, 0.2) is 134 Å². The van der Waals surface area contributed by atoms with Gasteiger partial charge in [0.25, 0.3) is 0 Å². The molecule has 0 saturated carbocycles. The molecule has 0 spiro atoms. The second-order valence-electron chi connectivity index (χ2n) is 8.99. The standard InChI is InChI=1S/C36H38N2/c1-6-11-12-13-14-17-29(9-4)30(10-5)22-31(16-7-2)33-20-28(8-3)21-34(23-33)36-24-35(26-38-27-36)32-18-15-19-37-25-32/h7-10,13-27H,3-4,6,11-12H2,1-2,5H3/b14-13-,16-7+,29-17+,30-10+,31-22+. The summed E-state index contributed by atoms with van der Waals surface area (Å²) in [6, 6.07) is 12.7. The maximum absolute atomic E-state index is 4.53. The van der Waals surface area contributed by atoms with Crippen molar-refractivity contribution in [1.29, 1.82) is 0 Å². The number of allylic oxidation sites excluding steroid dienone is 11. The van der Waals surface area contributed by atoms with Gasteiger partial charge in [0.15, 0.2) is 0 Å². The fourth-order valence-electron chi connectivity index (χ4n) is 4.17. The Kier molecular flexibility index (Phi) is 11.2. The average molecular weight is 499 g/mol. The van der Waals surface area contributed by atoms with E-state index in [1.165, 1.54) is 12.8 Å². The van der Waals surface area contributed by atoms with Gasteiger partial charge in [0.1, 0.15) is 0 Å². The van der Waals surface area contributed by atoms with Crippen LogP contribution in [-0.2, 0) is 0 Å². The van der Waals surface area contributed by atoms with E-state index in [9.17, 15) is 0 Å². The summed E-state index contributed by atoms with van der Waals surface area (Å²) in [6.07, 6.45) is 29.8. The van der Waals surface area contributed by atoms with Crippen LogP contribution in [0, 0.1) is 0 Å². The van der Waals surface area contributed by atoms with E-state index in [1.807, 2.05) is 43.7 Å². The summed E-state index contributed by atoms with van der Waals surface area (Å²) in [5.74, 6) is 0. The van der Waals surface area contributed by atoms with Crippen LogP contribution in [0.1, 0.15) is 51.2 Å². The third-order valence-electron chi connectivity index (χ3n) is 6.25. The summed E-state index contributed by atoms with van der Waals surface area (Å²) < 4.78 is 0.